The number of thiazole rings is 1. The summed E-state index contributed by atoms with van der Waals surface area (Å²) < 4.78 is 5.31. The first kappa shape index (κ1) is 15.1. The molecule has 6 nitrogen and oxygen atoms in total. The highest BCUT2D eigenvalue weighted by Gasteiger charge is 2.22. The predicted molar refractivity (Wildman–Crippen MR) is 81.3 cm³/mol. The average Bonchev–Trinajstić information content (AvgIpc) is 2.81. The SMILES string of the molecule is CC(C)C(C)NC(=O)c1sc(N2CCOCC2)nc1N. The van der Waals surface area contributed by atoms with Crippen molar-refractivity contribution >= 4 is 28.2 Å². The smallest absolute Gasteiger partial charge is 0.265 e. The molecule has 20 heavy (non-hydrogen) atoms. The van der Waals surface area contributed by atoms with Crippen LogP contribution in [0.3, 0.4) is 0 Å². The van der Waals surface area contributed by atoms with Crippen LogP contribution < -0.4 is 16.0 Å². The zero-order valence-corrected chi connectivity index (χ0v) is 13.0. The summed E-state index contributed by atoms with van der Waals surface area (Å²) in [6, 6.07) is 0.107. The number of carbonyl (C=O) groups excluding carboxylic acids is 1. The number of ether oxygens (including phenoxy) is 1. The molecule has 1 aromatic heterocycles. The molecule has 0 aromatic carbocycles. The molecular weight excluding hydrogens is 276 g/mol. The fraction of sp³-hybridized carbons (Fsp3) is 0.692. The van der Waals surface area contributed by atoms with Gasteiger partial charge in [0.15, 0.2) is 5.13 Å². The first-order chi connectivity index (χ1) is 9.49. The summed E-state index contributed by atoms with van der Waals surface area (Å²) in [4.78, 5) is 19.1. The van der Waals surface area contributed by atoms with Crippen LogP contribution in [0.4, 0.5) is 10.9 Å². The van der Waals surface area contributed by atoms with E-state index in [0.29, 0.717) is 29.8 Å². The summed E-state index contributed by atoms with van der Waals surface area (Å²) in [7, 11) is 0. The highest BCUT2D eigenvalue weighted by molar-refractivity contribution is 7.18. The minimum absolute atomic E-state index is 0.107. The van der Waals surface area contributed by atoms with Crippen LogP contribution in [0.2, 0.25) is 0 Å². The Bertz CT molecular complexity index is 469. The Balaban J connectivity index is 2.08. The summed E-state index contributed by atoms with van der Waals surface area (Å²) >= 11 is 1.35. The predicted octanol–water partition coefficient (Wildman–Crippen LogP) is 1.34. The number of carbonyl (C=O) groups is 1. The molecule has 0 saturated carbocycles. The number of aromatic nitrogens is 1. The monoisotopic (exact) mass is 298 g/mol. The maximum Gasteiger partial charge on any atom is 0.265 e. The lowest BCUT2D eigenvalue weighted by Crippen LogP contribution is -2.36. The number of hydrogen-bond acceptors (Lipinski definition) is 6. The minimum atomic E-state index is -0.138. The molecule has 1 unspecified atom stereocenters. The maximum absolute atomic E-state index is 12.2. The second-order valence-electron chi connectivity index (χ2n) is 5.32. The normalized spacial score (nSPS) is 17.3. The van der Waals surface area contributed by atoms with Gasteiger partial charge in [0.25, 0.3) is 5.91 Å². The van der Waals surface area contributed by atoms with E-state index in [1.54, 1.807) is 0 Å². The van der Waals surface area contributed by atoms with Gasteiger partial charge in [-0.25, -0.2) is 4.98 Å². The number of nitrogens with one attached hydrogen (secondary N) is 1. The van der Waals surface area contributed by atoms with Crippen molar-refractivity contribution in [3.8, 4) is 0 Å². The second kappa shape index (κ2) is 6.41. The van der Waals surface area contributed by atoms with Crippen LogP contribution in [-0.2, 0) is 4.74 Å². The number of nitrogens with two attached hydrogens (primary N) is 1. The van der Waals surface area contributed by atoms with E-state index >= 15 is 0 Å². The molecule has 7 heteroatoms. The summed E-state index contributed by atoms with van der Waals surface area (Å²) in [6.45, 7) is 9.08. The van der Waals surface area contributed by atoms with E-state index < -0.39 is 0 Å². The number of anilines is 2. The Morgan fingerprint density at radius 2 is 2.05 bits per heavy atom. The Morgan fingerprint density at radius 3 is 2.65 bits per heavy atom. The van der Waals surface area contributed by atoms with Gasteiger partial charge in [-0.1, -0.05) is 25.2 Å². The molecule has 112 valence electrons. The second-order valence-corrected chi connectivity index (χ2v) is 6.29. The minimum Gasteiger partial charge on any atom is -0.382 e. The molecule has 1 fully saturated rings. The zero-order chi connectivity index (χ0) is 14.7. The molecule has 1 aliphatic rings. The lowest BCUT2D eigenvalue weighted by atomic mass is 10.1. The molecule has 1 aromatic rings. The lowest BCUT2D eigenvalue weighted by molar-refractivity contribution is 0.0935. The topological polar surface area (TPSA) is 80.5 Å². The molecule has 0 spiro atoms. The Kier molecular flexibility index (Phi) is 4.82. The van der Waals surface area contributed by atoms with Gasteiger partial charge in [0.2, 0.25) is 0 Å². The van der Waals surface area contributed by atoms with Crippen molar-refractivity contribution in [2.45, 2.75) is 26.8 Å². The van der Waals surface area contributed by atoms with Crippen molar-refractivity contribution in [1.29, 1.82) is 0 Å². The number of rotatable bonds is 4. The third-order valence-corrected chi connectivity index (χ3v) is 4.62. The number of nitrogens with zero attached hydrogens (tertiary/aromatic N) is 2. The molecule has 2 rings (SSSR count). The molecule has 0 bridgehead atoms. The van der Waals surface area contributed by atoms with E-state index in [2.05, 4.69) is 29.0 Å². The van der Waals surface area contributed by atoms with Gasteiger partial charge in [-0.2, -0.15) is 0 Å². The standard InChI is InChI=1S/C13H22N4O2S/c1-8(2)9(3)15-12(18)10-11(14)16-13(20-10)17-4-6-19-7-5-17/h8-9H,4-7,14H2,1-3H3,(H,15,18). The van der Waals surface area contributed by atoms with Crippen molar-refractivity contribution in [3.05, 3.63) is 4.88 Å². The summed E-state index contributed by atoms with van der Waals surface area (Å²) in [6.07, 6.45) is 0. The Labute approximate surface area is 123 Å². The van der Waals surface area contributed by atoms with E-state index in [1.807, 2.05) is 6.92 Å². The molecule has 1 amide bonds. The van der Waals surface area contributed by atoms with Crippen molar-refractivity contribution in [2.75, 3.05) is 36.9 Å². The first-order valence-corrected chi connectivity index (χ1v) is 7.70. The fourth-order valence-corrected chi connectivity index (χ4v) is 2.75. The van der Waals surface area contributed by atoms with E-state index in [0.717, 1.165) is 18.2 Å². The van der Waals surface area contributed by atoms with Crippen LogP contribution >= 0.6 is 11.3 Å². The van der Waals surface area contributed by atoms with Gasteiger partial charge in [-0.3, -0.25) is 4.79 Å². The number of nitrogen functional groups attached to an aromatic ring is 1. The number of amides is 1. The highest BCUT2D eigenvalue weighted by Crippen LogP contribution is 2.28. The maximum atomic E-state index is 12.2. The average molecular weight is 298 g/mol. The molecule has 2 heterocycles. The van der Waals surface area contributed by atoms with E-state index in [1.165, 1.54) is 11.3 Å². The van der Waals surface area contributed by atoms with E-state index in [9.17, 15) is 4.79 Å². The third-order valence-electron chi connectivity index (χ3n) is 3.49. The molecule has 3 N–H and O–H groups in total. The summed E-state index contributed by atoms with van der Waals surface area (Å²) in [5.74, 6) is 0.553. The van der Waals surface area contributed by atoms with Gasteiger partial charge in [-0.15, -0.1) is 0 Å². The van der Waals surface area contributed by atoms with Crippen molar-refractivity contribution in [3.63, 3.8) is 0 Å². The summed E-state index contributed by atoms with van der Waals surface area (Å²) in [5, 5.41) is 3.76. The molecular formula is C13H22N4O2S. The fourth-order valence-electron chi connectivity index (χ4n) is 1.81. The molecule has 0 radical (unpaired) electrons. The van der Waals surface area contributed by atoms with Crippen LogP contribution in [0.15, 0.2) is 0 Å². The van der Waals surface area contributed by atoms with Crippen molar-refractivity contribution < 1.29 is 9.53 Å². The Morgan fingerprint density at radius 1 is 1.40 bits per heavy atom. The molecule has 1 atom stereocenters. The molecule has 1 saturated heterocycles. The number of morpholine rings is 1. The van der Waals surface area contributed by atoms with Gasteiger partial charge >= 0.3 is 0 Å². The largest absolute Gasteiger partial charge is 0.382 e. The van der Waals surface area contributed by atoms with Gasteiger partial charge in [0, 0.05) is 19.1 Å². The Hall–Kier alpha value is -1.34. The van der Waals surface area contributed by atoms with Crippen LogP contribution in [0.1, 0.15) is 30.4 Å². The highest BCUT2D eigenvalue weighted by atomic mass is 32.1. The van der Waals surface area contributed by atoms with Gasteiger partial charge < -0.3 is 20.7 Å². The van der Waals surface area contributed by atoms with Crippen LogP contribution in [0, 0.1) is 5.92 Å². The third kappa shape index (κ3) is 3.40. The van der Waals surface area contributed by atoms with E-state index in [-0.39, 0.29) is 11.9 Å². The van der Waals surface area contributed by atoms with Crippen molar-refractivity contribution in [2.24, 2.45) is 5.92 Å². The van der Waals surface area contributed by atoms with Crippen LogP contribution in [-0.4, -0.2) is 43.2 Å². The zero-order valence-electron chi connectivity index (χ0n) is 12.2. The lowest BCUT2D eigenvalue weighted by Gasteiger charge is -2.25. The van der Waals surface area contributed by atoms with Crippen LogP contribution in [0.25, 0.3) is 0 Å². The van der Waals surface area contributed by atoms with E-state index in [4.69, 9.17) is 10.5 Å². The molecule has 1 aliphatic heterocycles. The summed E-state index contributed by atoms with van der Waals surface area (Å²) in [5.41, 5.74) is 5.88. The van der Waals surface area contributed by atoms with Crippen LogP contribution in [0.5, 0.6) is 0 Å². The molecule has 0 aliphatic carbocycles. The van der Waals surface area contributed by atoms with Crippen molar-refractivity contribution in [1.82, 2.24) is 10.3 Å². The van der Waals surface area contributed by atoms with Gasteiger partial charge in [0.05, 0.1) is 13.2 Å². The quantitative estimate of drug-likeness (QED) is 0.876. The first-order valence-electron chi connectivity index (χ1n) is 6.89. The van der Waals surface area contributed by atoms with Gasteiger partial charge in [0.1, 0.15) is 10.7 Å². The van der Waals surface area contributed by atoms with Gasteiger partial charge in [-0.05, 0) is 12.8 Å². The number of hydrogen-bond donors (Lipinski definition) is 2.